The van der Waals surface area contributed by atoms with Gasteiger partial charge in [-0.05, 0) is 6.07 Å². The molecule has 2 rings (SSSR count). The van der Waals surface area contributed by atoms with Crippen molar-refractivity contribution in [3.8, 4) is 0 Å². The van der Waals surface area contributed by atoms with Crippen LogP contribution in [-0.2, 0) is 7.05 Å². The van der Waals surface area contributed by atoms with Crippen LogP contribution in [-0.4, -0.2) is 9.55 Å². The Morgan fingerprint density at radius 3 is 3.00 bits per heavy atom. The summed E-state index contributed by atoms with van der Waals surface area (Å²) in [6.45, 7) is 0. The zero-order valence-electron chi connectivity index (χ0n) is 6.58. The maximum atomic E-state index is 5.78. The molecule has 12 heavy (non-hydrogen) atoms. The normalized spacial score (nSPS) is 10.8. The molecule has 2 aromatic heterocycles. The summed E-state index contributed by atoms with van der Waals surface area (Å²) in [5.74, 6) is 0.694. The summed E-state index contributed by atoms with van der Waals surface area (Å²) in [7, 11) is 1.88. The third-order valence-corrected chi connectivity index (χ3v) is 2.10. The van der Waals surface area contributed by atoms with Crippen LogP contribution < -0.4 is 5.73 Å². The number of nitrogens with zero attached hydrogens (tertiary/aromatic N) is 2. The minimum absolute atomic E-state index is 0.628. The maximum absolute atomic E-state index is 5.78. The topological polar surface area (TPSA) is 43.8 Å². The lowest BCUT2D eigenvalue weighted by molar-refractivity contribution is 0.982. The monoisotopic (exact) mass is 181 g/mol. The molecule has 0 atom stereocenters. The molecule has 0 spiro atoms. The van der Waals surface area contributed by atoms with E-state index in [1.165, 1.54) is 0 Å². The highest BCUT2D eigenvalue weighted by atomic mass is 35.5. The summed E-state index contributed by atoms with van der Waals surface area (Å²) in [5, 5.41) is 0.628. The zero-order valence-corrected chi connectivity index (χ0v) is 7.34. The van der Waals surface area contributed by atoms with Gasteiger partial charge < -0.3 is 10.3 Å². The van der Waals surface area contributed by atoms with Crippen molar-refractivity contribution in [3.63, 3.8) is 0 Å². The number of nitrogen functional groups attached to an aromatic ring is 1. The summed E-state index contributed by atoms with van der Waals surface area (Å²) < 4.78 is 1.86. The van der Waals surface area contributed by atoms with E-state index < -0.39 is 0 Å². The molecular weight excluding hydrogens is 174 g/mol. The first-order chi connectivity index (χ1) is 5.68. The quantitative estimate of drug-likeness (QED) is 0.674. The van der Waals surface area contributed by atoms with E-state index in [1.54, 1.807) is 6.20 Å². The lowest BCUT2D eigenvalue weighted by Crippen LogP contribution is -1.94. The number of pyridine rings is 1. The highest BCUT2D eigenvalue weighted by molar-refractivity contribution is 6.31. The van der Waals surface area contributed by atoms with Crippen molar-refractivity contribution in [2.45, 2.75) is 0 Å². The SMILES string of the molecule is Cn1c(N)cc2ncc(Cl)cc21. The van der Waals surface area contributed by atoms with Crippen molar-refractivity contribution < 1.29 is 0 Å². The Bertz CT molecular complexity index is 433. The molecule has 0 unspecified atom stereocenters. The van der Waals surface area contributed by atoms with Gasteiger partial charge >= 0.3 is 0 Å². The van der Waals surface area contributed by atoms with E-state index in [2.05, 4.69) is 4.98 Å². The highest BCUT2D eigenvalue weighted by Crippen LogP contribution is 2.20. The number of hydrogen-bond acceptors (Lipinski definition) is 2. The molecule has 0 aliphatic carbocycles. The van der Waals surface area contributed by atoms with Crippen LogP contribution in [0.3, 0.4) is 0 Å². The van der Waals surface area contributed by atoms with E-state index in [0.29, 0.717) is 10.8 Å². The number of anilines is 1. The molecule has 2 N–H and O–H groups in total. The Morgan fingerprint density at radius 1 is 1.50 bits per heavy atom. The van der Waals surface area contributed by atoms with Gasteiger partial charge in [-0.1, -0.05) is 11.6 Å². The van der Waals surface area contributed by atoms with E-state index in [-0.39, 0.29) is 0 Å². The molecule has 0 bridgehead atoms. The van der Waals surface area contributed by atoms with E-state index in [4.69, 9.17) is 17.3 Å². The van der Waals surface area contributed by atoms with Crippen LogP contribution >= 0.6 is 11.6 Å². The molecule has 2 aromatic rings. The fourth-order valence-corrected chi connectivity index (χ4v) is 1.35. The average Bonchev–Trinajstić information content (AvgIpc) is 2.31. The first-order valence-electron chi connectivity index (χ1n) is 3.55. The summed E-state index contributed by atoms with van der Waals surface area (Å²) in [6.07, 6.45) is 1.61. The van der Waals surface area contributed by atoms with Crippen molar-refractivity contribution in [3.05, 3.63) is 23.4 Å². The molecule has 0 saturated carbocycles. The van der Waals surface area contributed by atoms with Crippen molar-refractivity contribution >= 4 is 28.5 Å². The number of hydrogen-bond donors (Lipinski definition) is 1. The Kier molecular flexibility index (Phi) is 1.48. The molecule has 3 nitrogen and oxygen atoms in total. The summed E-state index contributed by atoms with van der Waals surface area (Å²) in [5.41, 5.74) is 7.52. The first kappa shape index (κ1) is 7.43. The molecule has 62 valence electrons. The van der Waals surface area contributed by atoms with Crippen molar-refractivity contribution in [1.29, 1.82) is 0 Å². The predicted octanol–water partition coefficient (Wildman–Crippen LogP) is 1.81. The van der Waals surface area contributed by atoms with Gasteiger partial charge in [0, 0.05) is 19.3 Å². The second-order valence-electron chi connectivity index (χ2n) is 2.69. The molecule has 0 saturated heterocycles. The van der Waals surface area contributed by atoms with E-state index >= 15 is 0 Å². The van der Waals surface area contributed by atoms with Crippen LogP contribution in [0, 0.1) is 0 Å². The summed E-state index contributed by atoms with van der Waals surface area (Å²) in [6, 6.07) is 3.67. The van der Waals surface area contributed by atoms with Gasteiger partial charge in [0.1, 0.15) is 5.82 Å². The van der Waals surface area contributed by atoms with Gasteiger partial charge in [-0.15, -0.1) is 0 Å². The lowest BCUT2D eigenvalue weighted by atomic mass is 10.4. The van der Waals surface area contributed by atoms with Crippen LogP contribution in [0.5, 0.6) is 0 Å². The molecule has 0 fully saturated rings. The van der Waals surface area contributed by atoms with E-state index in [9.17, 15) is 0 Å². The molecule has 4 heteroatoms. The second kappa shape index (κ2) is 2.38. The van der Waals surface area contributed by atoms with Gasteiger partial charge in [-0.25, -0.2) is 0 Å². The number of aromatic nitrogens is 2. The van der Waals surface area contributed by atoms with E-state index in [0.717, 1.165) is 11.0 Å². The summed E-state index contributed by atoms with van der Waals surface area (Å²) in [4.78, 5) is 4.13. The minimum Gasteiger partial charge on any atom is -0.385 e. The van der Waals surface area contributed by atoms with Gasteiger partial charge in [-0.2, -0.15) is 0 Å². The standard InChI is InChI=1S/C8H8ClN3/c1-12-7-2-5(9)4-11-6(7)3-8(12)10/h2-4H,10H2,1H3. The van der Waals surface area contributed by atoms with Crippen LogP contribution in [0.2, 0.25) is 5.02 Å². The third-order valence-electron chi connectivity index (χ3n) is 1.90. The Balaban J connectivity index is 2.88. The number of fused-ring (bicyclic) bond motifs is 1. The highest BCUT2D eigenvalue weighted by Gasteiger charge is 2.03. The molecule has 0 aliphatic rings. The molecular formula is C8H8ClN3. The number of nitrogens with two attached hydrogens (primary N) is 1. The molecule has 0 aromatic carbocycles. The van der Waals surface area contributed by atoms with Crippen molar-refractivity contribution in [1.82, 2.24) is 9.55 Å². The van der Waals surface area contributed by atoms with Gasteiger partial charge in [0.15, 0.2) is 0 Å². The second-order valence-corrected chi connectivity index (χ2v) is 3.12. The zero-order chi connectivity index (χ0) is 8.72. The largest absolute Gasteiger partial charge is 0.385 e. The third kappa shape index (κ3) is 0.940. The summed E-state index contributed by atoms with van der Waals surface area (Å²) >= 11 is 5.78. The molecule has 0 amide bonds. The van der Waals surface area contributed by atoms with Crippen LogP contribution in [0.15, 0.2) is 18.3 Å². The number of halogens is 1. The Labute approximate surface area is 74.8 Å². The Morgan fingerprint density at radius 2 is 2.25 bits per heavy atom. The number of aryl methyl sites for hydroxylation is 1. The van der Waals surface area contributed by atoms with Gasteiger partial charge in [0.05, 0.1) is 16.1 Å². The van der Waals surface area contributed by atoms with Crippen molar-refractivity contribution in [2.75, 3.05) is 5.73 Å². The first-order valence-corrected chi connectivity index (χ1v) is 3.93. The molecule has 0 aliphatic heterocycles. The van der Waals surface area contributed by atoms with Gasteiger partial charge in [0.2, 0.25) is 0 Å². The molecule has 2 heterocycles. The lowest BCUT2D eigenvalue weighted by Gasteiger charge is -1.97. The smallest absolute Gasteiger partial charge is 0.105 e. The fraction of sp³-hybridized carbons (Fsp3) is 0.125. The average molecular weight is 182 g/mol. The minimum atomic E-state index is 0.628. The van der Waals surface area contributed by atoms with Crippen LogP contribution in [0.1, 0.15) is 0 Å². The maximum Gasteiger partial charge on any atom is 0.105 e. The number of rotatable bonds is 0. The van der Waals surface area contributed by atoms with Gasteiger partial charge in [0.25, 0.3) is 0 Å². The van der Waals surface area contributed by atoms with E-state index in [1.807, 2.05) is 23.7 Å². The predicted molar refractivity (Wildman–Crippen MR) is 50.1 cm³/mol. The fourth-order valence-electron chi connectivity index (χ4n) is 1.20. The van der Waals surface area contributed by atoms with Crippen molar-refractivity contribution in [2.24, 2.45) is 7.05 Å². The van der Waals surface area contributed by atoms with Crippen LogP contribution in [0.25, 0.3) is 11.0 Å². The van der Waals surface area contributed by atoms with Gasteiger partial charge in [-0.3, -0.25) is 4.98 Å². The Hall–Kier alpha value is -1.22. The molecule has 0 radical (unpaired) electrons. The van der Waals surface area contributed by atoms with Crippen LogP contribution in [0.4, 0.5) is 5.82 Å².